The fourth-order valence-electron chi connectivity index (χ4n) is 1.86. The van der Waals surface area contributed by atoms with Gasteiger partial charge in [-0.3, -0.25) is 9.59 Å². The van der Waals surface area contributed by atoms with Gasteiger partial charge in [-0.25, -0.2) is 0 Å². The minimum Gasteiger partial charge on any atom is -0.484 e. The average molecular weight is 294 g/mol. The summed E-state index contributed by atoms with van der Waals surface area (Å²) in [5.74, 6) is -0.369. The van der Waals surface area contributed by atoms with E-state index in [2.05, 4.69) is 5.32 Å². The summed E-state index contributed by atoms with van der Waals surface area (Å²) in [6, 6.07) is 6.34. The largest absolute Gasteiger partial charge is 0.484 e. The molecule has 0 aromatic heterocycles. The molecule has 0 aliphatic rings. The highest BCUT2D eigenvalue weighted by Crippen LogP contribution is 2.13. The summed E-state index contributed by atoms with van der Waals surface area (Å²) in [5, 5.41) is 12.7. The summed E-state index contributed by atoms with van der Waals surface area (Å²) in [6.45, 7) is 3.66. The molecule has 1 unspecified atom stereocenters. The van der Waals surface area contributed by atoms with Gasteiger partial charge in [0.2, 0.25) is 0 Å². The second kappa shape index (κ2) is 7.64. The molecule has 0 fully saturated rings. The number of aliphatic hydroxyl groups is 1. The number of amides is 2. The standard InChI is InChI=1S/C15H22N2O4/c1-3-8-15(2,20)10-17-14(19)11-4-6-12(7-5-11)21-9-13(16)18/h4-7,20H,3,8-10H2,1-2H3,(H2,16,18)(H,17,19). The van der Waals surface area contributed by atoms with Gasteiger partial charge >= 0.3 is 0 Å². The number of nitrogens with one attached hydrogen (secondary N) is 1. The Morgan fingerprint density at radius 1 is 1.33 bits per heavy atom. The molecule has 0 aliphatic carbocycles. The van der Waals surface area contributed by atoms with Gasteiger partial charge in [0.05, 0.1) is 5.60 Å². The van der Waals surface area contributed by atoms with Gasteiger partial charge in [-0.1, -0.05) is 13.3 Å². The van der Waals surface area contributed by atoms with E-state index >= 15 is 0 Å². The van der Waals surface area contributed by atoms with Crippen LogP contribution in [0.4, 0.5) is 0 Å². The van der Waals surface area contributed by atoms with Crippen molar-refractivity contribution in [3.05, 3.63) is 29.8 Å². The van der Waals surface area contributed by atoms with Crippen LogP contribution < -0.4 is 15.8 Å². The molecule has 116 valence electrons. The lowest BCUT2D eigenvalue weighted by atomic mass is 10.0. The first kappa shape index (κ1) is 17.0. The predicted molar refractivity (Wildman–Crippen MR) is 79.0 cm³/mol. The molecule has 0 heterocycles. The van der Waals surface area contributed by atoms with Gasteiger partial charge in [0.15, 0.2) is 6.61 Å². The molecule has 1 atom stereocenters. The van der Waals surface area contributed by atoms with Gasteiger partial charge in [0.25, 0.3) is 11.8 Å². The smallest absolute Gasteiger partial charge is 0.255 e. The molecular formula is C15H22N2O4. The summed E-state index contributed by atoms with van der Waals surface area (Å²) < 4.78 is 5.10. The fraction of sp³-hybridized carbons (Fsp3) is 0.467. The van der Waals surface area contributed by atoms with Gasteiger partial charge in [-0.05, 0) is 37.6 Å². The predicted octanol–water partition coefficient (Wildman–Crippen LogP) is 0.832. The normalized spacial score (nSPS) is 13.3. The van der Waals surface area contributed by atoms with Crippen LogP contribution in [0.15, 0.2) is 24.3 Å². The van der Waals surface area contributed by atoms with Crippen LogP contribution >= 0.6 is 0 Å². The maximum atomic E-state index is 11.9. The van der Waals surface area contributed by atoms with Crippen molar-refractivity contribution >= 4 is 11.8 Å². The molecule has 0 bridgehead atoms. The summed E-state index contributed by atoms with van der Waals surface area (Å²) in [5.41, 5.74) is 4.52. The Balaban J connectivity index is 2.53. The number of ether oxygens (including phenoxy) is 1. The monoisotopic (exact) mass is 294 g/mol. The van der Waals surface area contributed by atoms with Crippen molar-refractivity contribution in [2.75, 3.05) is 13.2 Å². The number of primary amides is 1. The topological polar surface area (TPSA) is 102 Å². The fourth-order valence-corrected chi connectivity index (χ4v) is 1.86. The highest BCUT2D eigenvalue weighted by Gasteiger charge is 2.20. The minimum atomic E-state index is -0.908. The molecule has 0 spiro atoms. The SMILES string of the molecule is CCCC(C)(O)CNC(=O)c1ccc(OCC(N)=O)cc1. The van der Waals surface area contributed by atoms with E-state index in [1.54, 1.807) is 31.2 Å². The second-order valence-corrected chi connectivity index (χ2v) is 5.21. The van der Waals surface area contributed by atoms with Crippen LogP contribution in [0.5, 0.6) is 5.75 Å². The maximum absolute atomic E-state index is 11.9. The van der Waals surface area contributed by atoms with Crippen LogP contribution in [0.1, 0.15) is 37.0 Å². The second-order valence-electron chi connectivity index (χ2n) is 5.21. The Kier molecular flexibility index (Phi) is 6.17. The Morgan fingerprint density at radius 2 is 1.95 bits per heavy atom. The van der Waals surface area contributed by atoms with Crippen molar-refractivity contribution in [3.8, 4) is 5.75 Å². The van der Waals surface area contributed by atoms with E-state index in [4.69, 9.17) is 10.5 Å². The summed E-state index contributed by atoms with van der Waals surface area (Å²) in [4.78, 5) is 22.5. The lowest BCUT2D eigenvalue weighted by Gasteiger charge is -2.22. The lowest BCUT2D eigenvalue weighted by Crippen LogP contribution is -2.40. The molecule has 6 nitrogen and oxygen atoms in total. The highest BCUT2D eigenvalue weighted by molar-refractivity contribution is 5.94. The van der Waals surface area contributed by atoms with Crippen LogP contribution in [-0.2, 0) is 4.79 Å². The molecule has 2 amide bonds. The summed E-state index contributed by atoms with van der Waals surface area (Å²) in [6.07, 6.45) is 1.46. The number of rotatable bonds is 8. The van der Waals surface area contributed by atoms with Crippen molar-refractivity contribution in [1.82, 2.24) is 5.32 Å². The van der Waals surface area contributed by atoms with Gasteiger partial charge in [-0.2, -0.15) is 0 Å². The molecule has 1 aromatic carbocycles. The number of nitrogens with two attached hydrogens (primary N) is 1. The molecule has 21 heavy (non-hydrogen) atoms. The molecule has 4 N–H and O–H groups in total. The Morgan fingerprint density at radius 3 is 2.48 bits per heavy atom. The third-order valence-corrected chi connectivity index (χ3v) is 2.92. The van der Waals surface area contributed by atoms with Gasteiger partial charge in [-0.15, -0.1) is 0 Å². The quantitative estimate of drug-likeness (QED) is 0.661. The summed E-state index contributed by atoms with van der Waals surface area (Å²) >= 11 is 0. The van der Waals surface area contributed by atoms with E-state index in [1.165, 1.54) is 0 Å². The van der Waals surface area contributed by atoms with Crippen molar-refractivity contribution in [3.63, 3.8) is 0 Å². The zero-order valence-electron chi connectivity index (χ0n) is 12.4. The van der Waals surface area contributed by atoms with Gasteiger partial charge in [0, 0.05) is 12.1 Å². The highest BCUT2D eigenvalue weighted by atomic mass is 16.5. The number of carbonyl (C=O) groups excluding carboxylic acids is 2. The van der Waals surface area contributed by atoms with E-state index < -0.39 is 11.5 Å². The first-order valence-electron chi connectivity index (χ1n) is 6.86. The van der Waals surface area contributed by atoms with Crippen LogP contribution in [0, 0.1) is 0 Å². The number of benzene rings is 1. The third-order valence-electron chi connectivity index (χ3n) is 2.92. The van der Waals surface area contributed by atoms with Crippen molar-refractivity contribution in [2.45, 2.75) is 32.3 Å². The molecule has 0 radical (unpaired) electrons. The zero-order valence-corrected chi connectivity index (χ0v) is 12.4. The lowest BCUT2D eigenvalue weighted by molar-refractivity contribution is -0.119. The molecule has 1 aromatic rings. The Bertz CT molecular complexity index is 483. The molecule has 1 rings (SSSR count). The molecule has 0 saturated heterocycles. The minimum absolute atomic E-state index is 0.194. The molecular weight excluding hydrogens is 272 g/mol. The van der Waals surface area contributed by atoms with Crippen LogP contribution in [0.3, 0.4) is 0 Å². The number of hydrogen-bond donors (Lipinski definition) is 3. The van der Waals surface area contributed by atoms with Crippen molar-refractivity contribution in [2.24, 2.45) is 5.73 Å². The first-order chi connectivity index (χ1) is 9.84. The van der Waals surface area contributed by atoms with Gasteiger partial charge in [0.1, 0.15) is 5.75 Å². The Labute approximate surface area is 124 Å². The average Bonchev–Trinajstić information content (AvgIpc) is 2.43. The van der Waals surface area contributed by atoms with Crippen LogP contribution in [-0.4, -0.2) is 35.7 Å². The van der Waals surface area contributed by atoms with Crippen LogP contribution in [0.2, 0.25) is 0 Å². The Hall–Kier alpha value is -2.08. The van der Waals surface area contributed by atoms with E-state index in [1.807, 2.05) is 6.92 Å². The first-order valence-corrected chi connectivity index (χ1v) is 6.86. The van der Waals surface area contributed by atoms with E-state index in [0.717, 1.165) is 6.42 Å². The van der Waals surface area contributed by atoms with E-state index in [9.17, 15) is 14.7 Å². The number of carbonyl (C=O) groups is 2. The van der Waals surface area contributed by atoms with Crippen molar-refractivity contribution < 1.29 is 19.4 Å². The molecule has 0 saturated carbocycles. The number of hydrogen-bond acceptors (Lipinski definition) is 4. The van der Waals surface area contributed by atoms with E-state index in [0.29, 0.717) is 17.7 Å². The summed E-state index contributed by atoms with van der Waals surface area (Å²) in [7, 11) is 0. The van der Waals surface area contributed by atoms with Crippen molar-refractivity contribution in [1.29, 1.82) is 0 Å². The molecule has 0 aliphatic heterocycles. The maximum Gasteiger partial charge on any atom is 0.255 e. The van der Waals surface area contributed by atoms with E-state index in [-0.39, 0.29) is 19.1 Å². The third kappa shape index (κ3) is 6.27. The molecule has 6 heteroatoms. The zero-order chi connectivity index (χ0) is 15.9. The van der Waals surface area contributed by atoms with Crippen LogP contribution in [0.25, 0.3) is 0 Å². The van der Waals surface area contributed by atoms with Gasteiger partial charge < -0.3 is 20.9 Å².